The normalized spacial score (nSPS) is 9.75. The van der Waals surface area contributed by atoms with E-state index in [2.05, 4.69) is 0 Å². The van der Waals surface area contributed by atoms with Gasteiger partial charge >= 0.3 is 5.97 Å². The van der Waals surface area contributed by atoms with Crippen molar-refractivity contribution >= 4 is 5.97 Å². The fourth-order valence-electron chi connectivity index (χ4n) is 0.806. The first-order valence-electron chi connectivity index (χ1n) is 4.07. The predicted octanol–water partition coefficient (Wildman–Crippen LogP) is 2.38. The van der Waals surface area contributed by atoms with Crippen LogP contribution in [-0.2, 0) is 4.79 Å². The maximum atomic E-state index is 11.0. The van der Waals surface area contributed by atoms with Crippen LogP contribution in [0.25, 0.3) is 0 Å². The first kappa shape index (κ1) is 8.84. The molecule has 1 aromatic rings. The molecule has 3 nitrogen and oxygen atoms in total. The molecule has 0 saturated carbocycles. The molecule has 0 aliphatic carbocycles. The summed E-state index contributed by atoms with van der Waals surface area (Å²) >= 11 is 0. The first-order chi connectivity index (χ1) is 5.83. The molecule has 66 valence electrons. The van der Waals surface area contributed by atoms with Crippen molar-refractivity contribution in [3.8, 4) is 5.95 Å². The van der Waals surface area contributed by atoms with E-state index < -0.39 is 0 Å². The van der Waals surface area contributed by atoms with E-state index in [4.69, 9.17) is 9.15 Å². The zero-order chi connectivity index (χ0) is 8.81. The van der Waals surface area contributed by atoms with Crippen LogP contribution in [0.15, 0.2) is 22.8 Å². The summed E-state index contributed by atoms with van der Waals surface area (Å²) in [6, 6.07) is 3.30. The summed E-state index contributed by atoms with van der Waals surface area (Å²) in [5.74, 6) is 0.0444. The van der Waals surface area contributed by atoms with Crippen molar-refractivity contribution in [2.24, 2.45) is 0 Å². The van der Waals surface area contributed by atoms with Crippen molar-refractivity contribution in [1.29, 1.82) is 0 Å². The fourth-order valence-corrected chi connectivity index (χ4v) is 0.806. The molecule has 12 heavy (non-hydrogen) atoms. The molecule has 1 aromatic heterocycles. The van der Waals surface area contributed by atoms with Crippen LogP contribution in [0.1, 0.15) is 26.2 Å². The Morgan fingerprint density at radius 3 is 3.08 bits per heavy atom. The molecule has 0 N–H and O–H groups in total. The number of hydrogen-bond donors (Lipinski definition) is 0. The molecule has 0 aliphatic heterocycles. The summed E-state index contributed by atoms with van der Waals surface area (Å²) in [6.45, 7) is 2.03. The van der Waals surface area contributed by atoms with Gasteiger partial charge in [0.25, 0.3) is 5.95 Å². The lowest BCUT2D eigenvalue weighted by atomic mass is 10.2. The SMILES string of the molecule is CCCCC(=O)Oc1ccco1. The Morgan fingerprint density at radius 2 is 2.50 bits per heavy atom. The third-order valence-electron chi connectivity index (χ3n) is 1.44. The topological polar surface area (TPSA) is 39.4 Å². The summed E-state index contributed by atoms with van der Waals surface area (Å²) in [5, 5.41) is 0. The van der Waals surface area contributed by atoms with Crippen molar-refractivity contribution in [3.05, 3.63) is 18.4 Å². The number of carbonyl (C=O) groups is 1. The van der Waals surface area contributed by atoms with Crippen molar-refractivity contribution in [1.82, 2.24) is 0 Å². The zero-order valence-corrected chi connectivity index (χ0v) is 7.08. The van der Waals surface area contributed by atoms with E-state index in [1.165, 1.54) is 6.26 Å². The molecular weight excluding hydrogens is 156 g/mol. The second kappa shape index (κ2) is 4.59. The van der Waals surface area contributed by atoms with Gasteiger partial charge in [-0.1, -0.05) is 13.3 Å². The molecule has 1 rings (SSSR count). The predicted molar refractivity (Wildman–Crippen MR) is 43.9 cm³/mol. The number of ether oxygens (including phenoxy) is 1. The molecule has 3 heteroatoms. The lowest BCUT2D eigenvalue weighted by molar-refractivity contribution is -0.135. The molecule has 0 radical (unpaired) electrons. The Morgan fingerprint density at radius 1 is 1.67 bits per heavy atom. The Kier molecular flexibility index (Phi) is 3.38. The van der Waals surface area contributed by atoms with Crippen LogP contribution >= 0.6 is 0 Å². The quantitative estimate of drug-likeness (QED) is 0.648. The molecule has 0 unspecified atom stereocenters. The Labute approximate surface area is 71.3 Å². The van der Waals surface area contributed by atoms with Crippen LogP contribution in [0.5, 0.6) is 5.95 Å². The molecule has 0 spiro atoms. The Bertz CT molecular complexity index is 226. The highest BCUT2D eigenvalue weighted by Crippen LogP contribution is 2.11. The second-order valence-electron chi connectivity index (χ2n) is 2.51. The van der Waals surface area contributed by atoms with Crippen molar-refractivity contribution < 1.29 is 13.9 Å². The lowest BCUT2D eigenvalue weighted by Gasteiger charge is -1.98. The van der Waals surface area contributed by atoms with Gasteiger partial charge in [-0.2, -0.15) is 0 Å². The largest absolute Gasteiger partial charge is 0.434 e. The van der Waals surface area contributed by atoms with Crippen LogP contribution in [0.4, 0.5) is 0 Å². The van der Waals surface area contributed by atoms with Crippen LogP contribution in [0.2, 0.25) is 0 Å². The highest BCUT2D eigenvalue weighted by atomic mass is 16.6. The molecule has 1 heterocycles. The zero-order valence-electron chi connectivity index (χ0n) is 7.08. The molecule has 0 aromatic carbocycles. The summed E-state index contributed by atoms with van der Waals surface area (Å²) in [6.07, 6.45) is 3.78. The van der Waals surface area contributed by atoms with E-state index in [0.717, 1.165) is 12.8 Å². The summed E-state index contributed by atoms with van der Waals surface area (Å²) < 4.78 is 9.69. The lowest BCUT2D eigenvalue weighted by Crippen LogP contribution is -2.06. The van der Waals surface area contributed by atoms with Gasteiger partial charge in [-0.05, 0) is 12.5 Å². The van der Waals surface area contributed by atoms with Gasteiger partial charge < -0.3 is 9.15 Å². The van der Waals surface area contributed by atoms with Gasteiger partial charge in [0.05, 0.1) is 6.26 Å². The third-order valence-corrected chi connectivity index (χ3v) is 1.44. The van der Waals surface area contributed by atoms with Gasteiger partial charge in [0, 0.05) is 12.5 Å². The summed E-state index contributed by atoms with van der Waals surface area (Å²) in [5.41, 5.74) is 0. The fraction of sp³-hybridized carbons (Fsp3) is 0.444. The van der Waals surface area contributed by atoms with Crippen molar-refractivity contribution in [2.75, 3.05) is 0 Å². The maximum absolute atomic E-state index is 11.0. The van der Waals surface area contributed by atoms with Crippen molar-refractivity contribution in [2.45, 2.75) is 26.2 Å². The monoisotopic (exact) mass is 168 g/mol. The average molecular weight is 168 g/mol. The first-order valence-corrected chi connectivity index (χ1v) is 4.07. The number of unbranched alkanes of at least 4 members (excludes halogenated alkanes) is 1. The van der Waals surface area contributed by atoms with E-state index >= 15 is 0 Å². The van der Waals surface area contributed by atoms with E-state index in [1.54, 1.807) is 12.1 Å². The molecule has 0 amide bonds. The third kappa shape index (κ3) is 2.78. The molecule has 0 atom stereocenters. The Hall–Kier alpha value is -1.25. The minimum absolute atomic E-state index is 0.230. The van der Waals surface area contributed by atoms with E-state index in [1.807, 2.05) is 6.92 Å². The maximum Gasteiger partial charge on any atom is 0.313 e. The Balaban J connectivity index is 2.27. The summed E-state index contributed by atoms with van der Waals surface area (Å²) in [4.78, 5) is 11.0. The average Bonchev–Trinajstić information content (AvgIpc) is 2.53. The number of furan rings is 1. The van der Waals surface area contributed by atoms with Gasteiger partial charge in [-0.3, -0.25) is 4.79 Å². The van der Waals surface area contributed by atoms with E-state index in [0.29, 0.717) is 6.42 Å². The van der Waals surface area contributed by atoms with Gasteiger partial charge in [-0.15, -0.1) is 0 Å². The summed E-state index contributed by atoms with van der Waals surface area (Å²) in [7, 11) is 0. The van der Waals surface area contributed by atoms with Crippen LogP contribution in [-0.4, -0.2) is 5.97 Å². The molecule has 0 aliphatic rings. The molecule has 0 bridgehead atoms. The van der Waals surface area contributed by atoms with Gasteiger partial charge in [0.2, 0.25) is 0 Å². The number of esters is 1. The minimum Gasteiger partial charge on any atom is -0.434 e. The number of rotatable bonds is 4. The number of carbonyl (C=O) groups excluding carboxylic acids is 1. The van der Waals surface area contributed by atoms with Gasteiger partial charge in [0.1, 0.15) is 0 Å². The van der Waals surface area contributed by atoms with Crippen molar-refractivity contribution in [3.63, 3.8) is 0 Å². The standard InChI is InChI=1S/C9H12O3/c1-2-3-5-8(10)12-9-6-4-7-11-9/h4,6-7H,2-3,5H2,1H3. The highest BCUT2D eigenvalue weighted by molar-refractivity contribution is 5.71. The van der Waals surface area contributed by atoms with Gasteiger partial charge in [0.15, 0.2) is 0 Å². The van der Waals surface area contributed by atoms with Gasteiger partial charge in [-0.25, -0.2) is 0 Å². The molecular formula is C9H12O3. The van der Waals surface area contributed by atoms with E-state index in [9.17, 15) is 4.79 Å². The van der Waals surface area contributed by atoms with Crippen LogP contribution in [0, 0.1) is 0 Å². The minimum atomic E-state index is -0.230. The smallest absolute Gasteiger partial charge is 0.313 e. The molecule has 0 saturated heterocycles. The molecule has 0 fully saturated rings. The number of hydrogen-bond acceptors (Lipinski definition) is 3. The van der Waals surface area contributed by atoms with E-state index in [-0.39, 0.29) is 11.9 Å². The highest BCUT2D eigenvalue weighted by Gasteiger charge is 2.04. The second-order valence-corrected chi connectivity index (χ2v) is 2.51. The van der Waals surface area contributed by atoms with Crippen LogP contribution < -0.4 is 4.74 Å². The van der Waals surface area contributed by atoms with Crippen LogP contribution in [0.3, 0.4) is 0 Å².